The molecule has 5 heteroatoms. The minimum atomic E-state index is -1.10. The van der Waals surface area contributed by atoms with Gasteiger partial charge in [0.05, 0.1) is 5.56 Å². The van der Waals surface area contributed by atoms with Crippen LogP contribution in [0.5, 0.6) is 0 Å². The van der Waals surface area contributed by atoms with Crippen molar-refractivity contribution in [3.05, 3.63) is 35.4 Å². The van der Waals surface area contributed by atoms with E-state index in [9.17, 15) is 13.6 Å². The predicted octanol–water partition coefficient (Wildman–Crippen LogP) is 2.12. The highest BCUT2D eigenvalue weighted by atomic mass is 19.2. The van der Waals surface area contributed by atoms with Gasteiger partial charge in [0.25, 0.3) is 5.91 Å². The highest BCUT2D eigenvalue weighted by molar-refractivity contribution is 5.94. The van der Waals surface area contributed by atoms with Gasteiger partial charge in [-0.2, -0.15) is 0 Å². The van der Waals surface area contributed by atoms with Crippen molar-refractivity contribution < 1.29 is 18.3 Å². The maximum atomic E-state index is 13.4. The van der Waals surface area contributed by atoms with E-state index >= 15 is 0 Å². The molecule has 3 nitrogen and oxygen atoms in total. The van der Waals surface area contributed by atoms with Crippen molar-refractivity contribution in [3.8, 4) is 0 Å². The molecule has 1 aliphatic heterocycles. The number of benzene rings is 1. The molecule has 1 amide bonds. The van der Waals surface area contributed by atoms with Crippen LogP contribution in [0, 0.1) is 17.6 Å². The Labute approximate surface area is 104 Å². The number of ether oxygens (including phenoxy) is 1. The smallest absolute Gasteiger partial charge is 0.254 e. The zero-order valence-corrected chi connectivity index (χ0v) is 9.92. The zero-order chi connectivity index (χ0) is 13.0. The average molecular weight is 255 g/mol. The number of rotatable bonds is 3. The average Bonchev–Trinajstić information content (AvgIpc) is 2.40. The first-order valence-corrected chi connectivity index (χ1v) is 5.98. The molecule has 1 heterocycles. The molecule has 1 aliphatic rings. The summed E-state index contributed by atoms with van der Waals surface area (Å²) in [6, 6.07) is 3.59. The van der Waals surface area contributed by atoms with E-state index in [1.807, 2.05) is 0 Å². The van der Waals surface area contributed by atoms with Crippen molar-refractivity contribution in [1.82, 2.24) is 5.32 Å². The van der Waals surface area contributed by atoms with E-state index in [-0.39, 0.29) is 5.56 Å². The molecule has 0 bridgehead atoms. The number of carbonyl (C=O) groups excluding carboxylic acids is 1. The summed E-state index contributed by atoms with van der Waals surface area (Å²) in [5.41, 5.74) is -0.248. The van der Waals surface area contributed by atoms with Gasteiger partial charge >= 0.3 is 0 Å². The van der Waals surface area contributed by atoms with Crippen LogP contribution in [0.3, 0.4) is 0 Å². The lowest BCUT2D eigenvalue weighted by atomic mass is 10.0. The fourth-order valence-corrected chi connectivity index (χ4v) is 1.96. The van der Waals surface area contributed by atoms with Crippen molar-refractivity contribution in [3.63, 3.8) is 0 Å². The Morgan fingerprint density at radius 2 is 2.06 bits per heavy atom. The van der Waals surface area contributed by atoms with Crippen LogP contribution >= 0.6 is 0 Å². The molecule has 2 rings (SSSR count). The standard InChI is InChI=1S/C13H15F2NO2/c14-11-3-1-2-10(12(11)15)13(17)16-8-9-4-6-18-7-5-9/h1-3,9H,4-8H2,(H,16,17). The molecule has 98 valence electrons. The summed E-state index contributed by atoms with van der Waals surface area (Å²) in [5, 5.41) is 2.64. The van der Waals surface area contributed by atoms with Crippen molar-refractivity contribution in [2.75, 3.05) is 19.8 Å². The van der Waals surface area contributed by atoms with Gasteiger partial charge in [-0.15, -0.1) is 0 Å². The molecule has 1 N–H and O–H groups in total. The summed E-state index contributed by atoms with van der Waals surface area (Å²) >= 11 is 0. The van der Waals surface area contributed by atoms with E-state index in [0.29, 0.717) is 25.7 Å². The van der Waals surface area contributed by atoms with Crippen molar-refractivity contribution in [1.29, 1.82) is 0 Å². The third kappa shape index (κ3) is 3.04. The topological polar surface area (TPSA) is 38.3 Å². The van der Waals surface area contributed by atoms with Gasteiger partial charge in [-0.1, -0.05) is 6.07 Å². The van der Waals surface area contributed by atoms with Gasteiger partial charge < -0.3 is 10.1 Å². The van der Waals surface area contributed by atoms with Crippen molar-refractivity contribution in [2.24, 2.45) is 5.92 Å². The highest BCUT2D eigenvalue weighted by Gasteiger charge is 2.18. The summed E-state index contributed by atoms with van der Waals surface area (Å²) in [5.74, 6) is -2.33. The molecule has 1 aromatic carbocycles. The first-order valence-electron chi connectivity index (χ1n) is 5.98. The highest BCUT2D eigenvalue weighted by Crippen LogP contribution is 2.14. The monoisotopic (exact) mass is 255 g/mol. The molecule has 0 spiro atoms. The Morgan fingerprint density at radius 1 is 1.33 bits per heavy atom. The number of carbonyl (C=O) groups is 1. The van der Waals surface area contributed by atoms with Gasteiger partial charge in [-0.25, -0.2) is 8.78 Å². The Hall–Kier alpha value is -1.49. The van der Waals surface area contributed by atoms with E-state index in [1.165, 1.54) is 12.1 Å². The van der Waals surface area contributed by atoms with Crippen LogP contribution in [-0.2, 0) is 4.74 Å². The number of nitrogens with one attached hydrogen (secondary N) is 1. The molecule has 1 fully saturated rings. The summed E-state index contributed by atoms with van der Waals surface area (Å²) < 4.78 is 31.5. The van der Waals surface area contributed by atoms with Gasteiger partial charge in [0.15, 0.2) is 11.6 Å². The van der Waals surface area contributed by atoms with Crippen LogP contribution in [0.1, 0.15) is 23.2 Å². The number of amides is 1. The molecule has 18 heavy (non-hydrogen) atoms. The molecular formula is C13H15F2NO2. The minimum absolute atomic E-state index is 0.248. The molecule has 1 aromatic rings. The molecule has 0 unspecified atom stereocenters. The molecular weight excluding hydrogens is 240 g/mol. The fraction of sp³-hybridized carbons (Fsp3) is 0.462. The normalized spacial score (nSPS) is 16.6. The molecule has 0 atom stereocenters. The lowest BCUT2D eigenvalue weighted by Crippen LogP contribution is -2.32. The second kappa shape index (κ2) is 5.91. The fourth-order valence-electron chi connectivity index (χ4n) is 1.96. The first kappa shape index (κ1) is 13.0. The van der Waals surface area contributed by atoms with Crippen LogP contribution < -0.4 is 5.32 Å². The van der Waals surface area contributed by atoms with E-state index in [1.54, 1.807) is 0 Å². The SMILES string of the molecule is O=C(NCC1CCOCC1)c1cccc(F)c1F. The lowest BCUT2D eigenvalue weighted by Gasteiger charge is -2.22. The van der Waals surface area contributed by atoms with Crippen molar-refractivity contribution in [2.45, 2.75) is 12.8 Å². The molecule has 0 aliphatic carbocycles. The van der Waals surface area contributed by atoms with Crippen LogP contribution in [0.2, 0.25) is 0 Å². The summed E-state index contributed by atoms with van der Waals surface area (Å²) in [6.45, 7) is 1.85. The van der Waals surface area contributed by atoms with Crippen LogP contribution in [0.4, 0.5) is 8.78 Å². The third-order valence-corrected chi connectivity index (χ3v) is 3.09. The van der Waals surface area contributed by atoms with Gasteiger partial charge in [-0.3, -0.25) is 4.79 Å². The Kier molecular flexibility index (Phi) is 4.25. The zero-order valence-electron chi connectivity index (χ0n) is 9.92. The molecule has 1 saturated heterocycles. The maximum Gasteiger partial charge on any atom is 0.254 e. The quantitative estimate of drug-likeness (QED) is 0.898. The molecule has 0 aromatic heterocycles. The number of hydrogen-bond donors (Lipinski definition) is 1. The molecule has 0 saturated carbocycles. The maximum absolute atomic E-state index is 13.4. The second-order valence-electron chi connectivity index (χ2n) is 4.37. The van der Waals surface area contributed by atoms with Gasteiger partial charge in [0, 0.05) is 19.8 Å². The Bertz CT molecular complexity index is 431. The Morgan fingerprint density at radius 3 is 2.78 bits per heavy atom. The van der Waals surface area contributed by atoms with Gasteiger partial charge in [0.1, 0.15) is 0 Å². The number of halogens is 2. The summed E-state index contributed by atoms with van der Waals surface area (Å²) in [7, 11) is 0. The van der Waals surface area contributed by atoms with Gasteiger partial charge in [0.2, 0.25) is 0 Å². The third-order valence-electron chi connectivity index (χ3n) is 3.09. The minimum Gasteiger partial charge on any atom is -0.381 e. The Balaban J connectivity index is 1.93. The summed E-state index contributed by atoms with van der Waals surface area (Å²) in [6.07, 6.45) is 1.76. The lowest BCUT2D eigenvalue weighted by molar-refractivity contribution is 0.0642. The second-order valence-corrected chi connectivity index (χ2v) is 4.37. The van der Waals surface area contributed by atoms with E-state index in [2.05, 4.69) is 5.32 Å². The molecule has 0 radical (unpaired) electrons. The van der Waals surface area contributed by atoms with E-state index < -0.39 is 17.5 Å². The first-order chi connectivity index (χ1) is 8.68. The van der Waals surface area contributed by atoms with E-state index in [4.69, 9.17) is 4.74 Å². The number of hydrogen-bond acceptors (Lipinski definition) is 2. The van der Waals surface area contributed by atoms with Crippen LogP contribution in [0.15, 0.2) is 18.2 Å². The predicted molar refractivity (Wildman–Crippen MR) is 62.2 cm³/mol. The van der Waals surface area contributed by atoms with E-state index in [0.717, 1.165) is 18.9 Å². The van der Waals surface area contributed by atoms with Crippen LogP contribution in [0.25, 0.3) is 0 Å². The van der Waals surface area contributed by atoms with Gasteiger partial charge in [-0.05, 0) is 30.9 Å². The van der Waals surface area contributed by atoms with Crippen LogP contribution in [-0.4, -0.2) is 25.7 Å². The van der Waals surface area contributed by atoms with Crippen molar-refractivity contribution >= 4 is 5.91 Å². The largest absolute Gasteiger partial charge is 0.381 e. The summed E-state index contributed by atoms with van der Waals surface area (Å²) in [4.78, 5) is 11.7.